The Morgan fingerprint density at radius 1 is 1.53 bits per heavy atom. The number of carbonyl (C=O) groups excluding carboxylic acids is 1. The molecule has 1 rings (SSSR count). The second-order valence-corrected chi connectivity index (χ2v) is 6.74. The molecule has 2 N–H and O–H groups in total. The van der Waals surface area contributed by atoms with Crippen LogP contribution in [0, 0.1) is 0 Å². The lowest BCUT2D eigenvalue weighted by atomic mass is 10.4. The normalized spacial score (nSPS) is 13.4. The lowest BCUT2D eigenvalue weighted by Gasteiger charge is -2.08. The Bertz CT molecular complexity index is 501. The van der Waals surface area contributed by atoms with Crippen LogP contribution in [-0.4, -0.2) is 35.9 Å². The van der Waals surface area contributed by atoms with E-state index in [1.54, 1.807) is 6.92 Å². The molecular weight excluding hydrogens is 332 g/mol. The van der Waals surface area contributed by atoms with Gasteiger partial charge in [-0.15, -0.1) is 10.2 Å². The van der Waals surface area contributed by atoms with E-state index in [0.29, 0.717) is 5.33 Å². The van der Waals surface area contributed by atoms with Crippen molar-refractivity contribution in [3.05, 3.63) is 0 Å². The summed E-state index contributed by atoms with van der Waals surface area (Å²) in [7, 11) is -3.67. The van der Waals surface area contributed by atoms with Gasteiger partial charge in [0.15, 0.2) is 0 Å². The molecule has 0 fully saturated rings. The van der Waals surface area contributed by atoms with E-state index < -0.39 is 10.0 Å². The Labute approximate surface area is 111 Å². The van der Waals surface area contributed by atoms with E-state index in [1.165, 1.54) is 6.92 Å². The van der Waals surface area contributed by atoms with Crippen molar-refractivity contribution in [2.75, 3.05) is 10.6 Å². The molecule has 1 aromatic heterocycles. The van der Waals surface area contributed by atoms with Crippen LogP contribution < -0.4 is 10.0 Å². The quantitative estimate of drug-likeness (QED) is 0.601. The third kappa shape index (κ3) is 4.30. The molecule has 0 aromatic carbocycles. The van der Waals surface area contributed by atoms with E-state index in [1.807, 2.05) is 0 Å². The maximum atomic E-state index is 11.8. The zero-order valence-electron chi connectivity index (χ0n) is 9.10. The molecule has 0 aliphatic heterocycles. The van der Waals surface area contributed by atoms with Gasteiger partial charge in [0.05, 0.1) is 0 Å². The van der Waals surface area contributed by atoms with Crippen LogP contribution in [0.25, 0.3) is 0 Å². The fraction of sp³-hybridized carbons (Fsp3) is 0.571. The van der Waals surface area contributed by atoms with Crippen LogP contribution in [0.1, 0.15) is 13.8 Å². The van der Waals surface area contributed by atoms with Crippen LogP contribution in [0.5, 0.6) is 0 Å². The second-order valence-electron chi connectivity index (χ2n) is 3.23. The Hall–Kier alpha value is -0.580. The first-order valence-corrected chi connectivity index (χ1v) is 7.96. The minimum absolute atomic E-state index is 0.157. The summed E-state index contributed by atoms with van der Waals surface area (Å²) < 4.78 is 25.8. The highest BCUT2D eigenvalue weighted by atomic mass is 79.9. The lowest BCUT2D eigenvalue weighted by molar-refractivity contribution is -0.114. The van der Waals surface area contributed by atoms with Gasteiger partial charge in [-0.25, -0.2) is 13.1 Å². The van der Waals surface area contributed by atoms with Crippen LogP contribution in [0.15, 0.2) is 4.34 Å². The van der Waals surface area contributed by atoms with Crippen molar-refractivity contribution < 1.29 is 13.2 Å². The second kappa shape index (κ2) is 5.85. The SMILES string of the molecule is CC(=O)Nc1nnc(S(=O)(=O)NC(C)CBr)s1. The van der Waals surface area contributed by atoms with Gasteiger partial charge in [-0.1, -0.05) is 27.3 Å². The van der Waals surface area contributed by atoms with Gasteiger partial charge in [-0.05, 0) is 6.92 Å². The number of hydrogen-bond donors (Lipinski definition) is 2. The number of sulfonamides is 1. The zero-order chi connectivity index (χ0) is 13.1. The number of nitrogens with zero attached hydrogens (tertiary/aromatic N) is 2. The monoisotopic (exact) mass is 342 g/mol. The highest BCUT2D eigenvalue weighted by Crippen LogP contribution is 2.19. The van der Waals surface area contributed by atoms with Crippen molar-refractivity contribution in [3.63, 3.8) is 0 Å². The Morgan fingerprint density at radius 2 is 2.18 bits per heavy atom. The highest BCUT2D eigenvalue weighted by molar-refractivity contribution is 9.09. The van der Waals surface area contributed by atoms with Gasteiger partial charge >= 0.3 is 0 Å². The number of hydrogen-bond acceptors (Lipinski definition) is 6. The molecule has 0 saturated heterocycles. The largest absolute Gasteiger partial charge is 0.301 e. The van der Waals surface area contributed by atoms with E-state index >= 15 is 0 Å². The van der Waals surface area contributed by atoms with Gasteiger partial charge in [-0.2, -0.15) is 0 Å². The first kappa shape index (κ1) is 14.5. The van der Waals surface area contributed by atoms with Crippen molar-refractivity contribution in [3.8, 4) is 0 Å². The molecule has 0 aliphatic carbocycles. The third-order valence-corrected chi connectivity index (χ3v) is 5.27. The summed E-state index contributed by atoms with van der Waals surface area (Å²) in [5, 5.41) is 10.1. The van der Waals surface area contributed by atoms with E-state index in [2.05, 4.69) is 36.2 Å². The van der Waals surface area contributed by atoms with Crippen molar-refractivity contribution in [1.29, 1.82) is 0 Å². The molecule has 0 bridgehead atoms. The van der Waals surface area contributed by atoms with Crippen LogP contribution in [-0.2, 0) is 14.8 Å². The maximum Gasteiger partial charge on any atom is 0.270 e. The predicted octanol–water partition coefficient (Wildman–Crippen LogP) is 0.558. The molecule has 1 amide bonds. The third-order valence-electron chi connectivity index (χ3n) is 1.51. The van der Waals surface area contributed by atoms with Crippen LogP contribution >= 0.6 is 27.3 Å². The summed E-state index contributed by atoms with van der Waals surface area (Å²) in [6.07, 6.45) is 0. The van der Waals surface area contributed by atoms with E-state index in [4.69, 9.17) is 0 Å². The molecule has 1 heterocycles. The molecule has 0 aliphatic rings. The van der Waals surface area contributed by atoms with Crippen molar-refractivity contribution in [1.82, 2.24) is 14.9 Å². The van der Waals surface area contributed by atoms with Gasteiger partial charge < -0.3 is 5.32 Å². The van der Waals surface area contributed by atoms with Crippen LogP contribution in [0.4, 0.5) is 5.13 Å². The summed E-state index contributed by atoms with van der Waals surface area (Å²) in [6, 6.07) is -0.256. The highest BCUT2D eigenvalue weighted by Gasteiger charge is 2.22. The number of aromatic nitrogens is 2. The van der Waals surface area contributed by atoms with Gasteiger partial charge in [-0.3, -0.25) is 4.79 Å². The summed E-state index contributed by atoms with van der Waals surface area (Å²) in [6.45, 7) is 3.02. The number of carbonyl (C=O) groups is 1. The van der Waals surface area contributed by atoms with Gasteiger partial charge in [0.2, 0.25) is 15.4 Å². The summed E-state index contributed by atoms with van der Waals surface area (Å²) in [5.74, 6) is -0.327. The Kier molecular flexibility index (Phi) is 4.98. The smallest absolute Gasteiger partial charge is 0.270 e. The minimum atomic E-state index is -3.67. The average molecular weight is 343 g/mol. The fourth-order valence-electron chi connectivity index (χ4n) is 0.866. The Balaban J connectivity index is 2.85. The summed E-state index contributed by atoms with van der Waals surface area (Å²) in [5.41, 5.74) is 0. The summed E-state index contributed by atoms with van der Waals surface area (Å²) >= 11 is 3.96. The minimum Gasteiger partial charge on any atom is -0.301 e. The molecule has 96 valence electrons. The van der Waals surface area contributed by atoms with Gasteiger partial charge in [0.25, 0.3) is 10.0 Å². The number of alkyl halides is 1. The van der Waals surface area contributed by atoms with Crippen molar-refractivity contribution in [2.24, 2.45) is 0 Å². The van der Waals surface area contributed by atoms with Gasteiger partial charge in [0.1, 0.15) is 0 Å². The predicted molar refractivity (Wildman–Crippen MR) is 67.8 cm³/mol. The number of amides is 1. The molecule has 1 aromatic rings. The summed E-state index contributed by atoms with van der Waals surface area (Å²) in [4.78, 5) is 10.8. The van der Waals surface area contributed by atoms with E-state index in [-0.39, 0.29) is 21.4 Å². The first-order valence-electron chi connectivity index (χ1n) is 4.54. The Morgan fingerprint density at radius 3 is 2.71 bits per heavy atom. The van der Waals surface area contributed by atoms with Crippen molar-refractivity contribution in [2.45, 2.75) is 24.2 Å². The van der Waals surface area contributed by atoms with Crippen LogP contribution in [0.3, 0.4) is 0 Å². The van der Waals surface area contributed by atoms with Gasteiger partial charge in [0, 0.05) is 18.3 Å². The zero-order valence-corrected chi connectivity index (χ0v) is 12.3. The molecule has 10 heteroatoms. The molecule has 0 saturated carbocycles. The first-order chi connectivity index (χ1) is 7.85. The topological polar surface area (TPSA) is 101 Å². The lowest BCUT2D eigenvalue weighted by Crippen LogP contribution is -2.33. The molecule has 1 atom stereocenters. The van der Waals surface area contributed by atoms with E-state index in [0.717, 1.165) is 11.3 Å². The van der Waals surface area contributed by atoms with E-state index in [9.17, 15) is 13.2 Å². The standard InChI is InChI=1S/C7H11BrN4O3S2/c1-4(3-8)12-17(14,15)7-11-10-6(16-7)9-5(2)13/h4,12H,3H2,1-2H3,(H,9,10,13). The molecule has 7 nitrogen and oxygen atoms in total. The maximum absolute atomic E-state index is 11.8. The molecule has 0 radical (unpaired) electrons. The van der Waals surface area contributed by atoms with Crippen molar-refractivity contribution >= 4 is 48.3 Å². The fourth-order valence-corrected chi connectivity index (χ4v) is 3.45. The van der Waals surface area contributed by atoms with Crippen LogP contribution in [0.2, 0.25) is 0 Å². The molecule has 0 spiro atoms. The number of nitrogens with one attached hydrogen (secondary N) is 2. The average Bonchev–Trinajstić information content (AvgIpc) is 2.65. The number of rotatable bonds is 5. The molecule has 1 unspecified atom stereocenters. The number of anilines is 1. The molecule has 17 heavy (non-hydrogen) atoms. The number of halogens is 1. The molecular formula is C7H11BrN4O3S2.